The molecule has 4 heterocycles. The van der Waals surface area contributed by atoms with Crippen molar-refractivity contribution in [2.24, 2.45) is 11.8 Å². The minimum Gasteiger partial charge on any atom is -0.543 e. The first-order valence-electron chi connectivity index (χ1n) is 7.93. The van der Waals surface area contributed by atoms with Crippen molar-refractivity contribution in [1.29, 1.82) is 0 Å². The molecule has 1 fully saturated rings. The Balaban J connectivity index is 1.61. The molecule has 1 N–H and O–H groups in total. The van der Waals surface area contributed by atoms with Crippen molar-refractivity contribution in [3.63, 3.8) is 0 Å². The number of carbonyl (C=O) groups is 2. The lowest BCUT2D eigenvalue weighted by atomic mass is 9.79. The van der Waals surface area contributed by atoms with Gasteiger partial charge >= 0.3 is 6.33 Å². The van der Waals surface area contributed by atoms with Crippen molar-refractivity contribution in [2.45, 2.75) is 44.3 Å². The highest BCUT2D eigenvalue weighted by molar-refractivity contribution is 8.03. The topological polar surface area (TPSA) is 102 Å². The third-order valence-electron chi connectivity index (χ3n) is 5.11. The Labute approximate surface area is 142 Å². The molecule has 1 amide bonds. The van der Waals surface area contributed by atoms with Gasteiger partial charge in [0.1, 0.15) is 6.54 Å². The largest absolute Gasteiger partial charge is 0.543 e. The number of aromatic nitrogens is 3. The number of hydrogen-bond donors (Lipinski definition) is 1. The zero-order chi connectivity index (χ0) is 17.2. The van der Waals surface area contributed by atoms with Crippen LogP contribution in [0.1, 0.15) is 13.8 Å². The molecule has 1 aromatic heterocycles. The SMILES string of the molecule is C[C@@H](O)C1C(=O)N2C(C(=O)[O-])=C(SC3Cn4cnc[n+]4C3)[C@H](C)[C@H]12. The molecule has 1 unspecified atom stereocenters. The lowest BCUT2D eigenvalue weighted by Gasteiger charge is -2.47. The maximum absolute atomic E-state index is 12.3. The summed E-state index contributed by atoms with van der Waals surface area (Å²) in [5.74, 6) is -2.31. The summed E-state index contributed by atoms with van der Waals surface area (Å²) in [6.07, 6.45) is 2.70. The van der Waals surface area contributed by atoms with Crippen LogP contribution in [0.25, 0.3) is 0 Å². The zero-order valence-corrected chi connectivity index (χ0v) is 14.1. The van der Waals surface area contributed by atoms with Gasteiger partial charge < -0.3 is 19.9 Å². The van der Waals surface area contributed by atoms with E-state index in [-0.39, 0.29) is 28.8 Å². The number of thioether (sulfide) groups is 1. The van der Waals surface area contributed by atoms with Gasteiger partial charge in [-0.25, -0.2) is 0 Å². The highest BCUT2D eigenvalue weighted by Gasteiger charge is 2.59. The minimum atomic E-state index is -1.32. The fraction of sp³-hybridized carbons (Fsp3) is 0.600. The van der Waals surface area contributed by atoms with Crippen molar-refractivity contribution in [1.82, 2.24) is 14.6 Å². The first-order valence-corrected chi connectivity index (χ1v) is 8.81. The van der Waals surface area contributed by atoms with E-state index >= 15 is 0 Å². The van der Waals surface area contributed by atoms with E-state index in [0.29, 0.717) is 4.91 Å². The van der Waals surface area contributed by atoms with Crippen LogP contribution in [-0.2, 0) is 22.7 Å². The van der Waals surface area contributed by atoms with Gasteiger partial charge in [-0.3, -0.25) is 4.79 Å². The average molecular weight is 350 g/mol. The van der Waals surface area contributed by atoms with Crippen molar-refractivity contribution in [2.75, 3.05) is 0 Å². The number of hydrogen-bond acceptors (Lipinski definition) is 6. The van der Waals surface area contributed by atoms with Crippen LogP contribution in [-0.4, -0.2) is 48.9 Å². The van der Waals surface area contributed by atoms with E-state index < -0.39 is 18.0 Å². The first-order chi connectivity index (χ1) is 11.4. The minimum absolute atomic E-state index is 0.0147. The van der Waals surface area contributed by atoms with Gasteiger partial charge in [0.2, 0.25) is 12.2 Å². The molecular weight excluding hydrogens is 332 g/mol. The lowest BCUT2D eigenvalue weighted by molar-refractivity contribution is -0.758. The molecule has 4 atom stereocenters. The Kier molecular flexibility index (Phi) is 3.47. The Morgan fingerprint density at radius 2 is 2.33 bits per heavy atom. The molecule has 4 rings (SSSR count). The van der Waals surface area contributed by atoms with Gasteiger partial charge in [-0.15, -0.1) is 11.8 Å². The Morgan fingerprint density at radius 1 is 1.58 bits per heavy atom. The fourth-order valence-electron chi connectivity index (χ4n) is 4.02. The second-order valence-electron chi connectivity index (χ2n) is 6.62. The van der Waals surface area contributed by atoms with Gasteiger partial charge in [-0.05, 0) is 11.9 Å². The Morgan fingerprint density at radius 3 is 2.96 bits per heavy atom. The summed E-state index contributed by atoms with van der Waals surface area (Å²) < 4.78 is 3.96. The van der Waals surface area contributed by atoms with Crippen molar-refractivity contribution in [3.8, 4) is 0 Å². The first kappa shape index (κ1) is 15.6. The number of nitrogens with zero attached hydrogens (tertiary/aromatic N) is 4. The highest BCUT2D eigenvalue weighted by atomic mass is 32.2. The maximum Gasteiger partial charge on any atom is 0.306 e. The highest BCUT2D eigenvalue weighted by Crippen LogP contribution is 2.51. The summed E-state index contributed by atoms with van der Waals surface area (Å²) in [5, 5.41) is 21.7. The standard InChI is InChI=1S/C15H18N4O4S/c1-7-11-10(8(2)20)14(21)19(11)12(15(22)23)13(7)24-9-3-17-5-16-6-18(17)4-9/h5-11,20H,3-4H2,1-2H3/t7-,8-,10?,11-/m1/s1. The predicted molar refractivity (Wildman–Crippen MR) is 80.8 cm³/mol. The maximum atomic E-state index is 12.3. The third-order valence-corrected chi connectivity index (χ3v) is 6.56. The van der Waals surface area contributed by atoms with Gasteiger partial charge in [0.25, 0.3) is 0 Å². The van der Waals surface area contributed by atoms with Gasteiger partial charge in [-0.2, -0.15) is 9.36 Å². The van der Waals surface area contributed by atoms with Crippen LogP contribution in [0.15, 0.2) is 23.3 Å². The van der Waals surface area contributed by atoms with Crippen LogP contribution >= 0.6 is 11.8 Å². The number of amides is 1. The number of aliphatic hydroxyl groups is 1. The number of aliphatic carboxylic acids is 1. The Hall–Kier alpha value is -1.87. The second-order valence-corrected chi connectivity index (χ2v) is 7.96. The van der Waals surface area contributed by atoms with Crippen LogP contribution in [0.5, 0.6) is 0 Å². The van der Waals surface area contributed by atoms with E-state index in [9.17, 15) is 19.8 Å². The fourth-order valence-corrected chi connectivity index (χ4v) is 5.48. The van der Waals surface area contributed by atoms with Crippen molar-refractivity contribution < 1.29 is 24.5 Å². The number of β-lactam (4-membered cyclic amide) rings is 1. The number of aliphatic hydroxyl groups excluding tert-OH is 1. The third kappa shape index (κ3) is 2.04. The zero-order valence-electron chi connectivity index (χ0n) is 13.3. The van der Waals surface area contributed by atoms with E-state index in [1.807, 2.05) is 16.3 Å². The molecule has 0 saturated carbocycles. The van der Waals surface area contributed by atoms with E-state index in [1.165, 1.54) is 16.7 Å². The molecule has 8 nitrogen and oxygen atoms in total. The summed E-state index contributed by atoms with van der Waals surface area (Å²) in [4.78, 5) is 30.0. The smallest absolute Gasteiger partial charge is 0.306 e. The number of carbonyl (C=O) groups excluding carboxylic acids is 2. The number of rotatable bonds is 4. The van der Waals surface area contributed by atoms with Crippen LogP contribution in [0.3, 0.4) is 0 Å². The molecule has 0 bridgehead atoms. The Bertz CT molecular complexity index is 738. The summed E-state index contributed by atoms with van der Waals surface area (Å²) in [6.45, 7) is 4.96. The normalized spacial score (nSPS) is 32.6. The second kappa shape index (κ2) is 5.32. The van der Waals surface area contributed by atoms with E-state index in [2.05, 4.69) is 4.98 Å². The van der Waals surface area contributed by atoms with E-state index in [4.69, 9.17) is 0 Å². The van der Waals surface area contributed by atoms with Crippen molar-refractivity contribution in [3.05, 3.63) is 23.3 Å². The van der Waals surface area contributed by atoms with Gasteiger partial charge in [-0.1, -0.05) is 6.92 Å². The average Bonchev–Trinajstić information content (AvgIpc) is 3.12. The molecule has 1 saturated heterocycles. The number of carboxylic acid groups (broad SMARTS) is 1. The van der Waals surface area contributed by atoms with E-state index in [1.54, 1.807) is 19.6 Å². The van der Waals surface area contributed by atoms with Crippen LogP contribution in [0, 0.1) is 11.8 Å². The molecule has 1 aromatic rings. The quantitative estimate of drug-likeness (QED) is 0.503. The molecule has 0 aliphatic carbocycles. The molecule has 128 valence electrons. The summed E-state index contributed by atoms with van der Waals surface area (Å²) in [7, 11) is 0. The molecule has 0 aromatic carbocycles. The summed E-state index contributed by atoms with van der Waals surface area (Å²) >= 11 is 1.50. The lowest BCUT2D eigenvalue weighted by Crippen LogP contribution is -2.64. The molecule has 3 aliphatic heterocycles. The molecule has 0 radical (unpaired) electrons. The number of fused-ring (bicyclic) bond motifs is 2. The predicted octanol–water partition coefficient (Wildman–Crippen LogP) is -1.89. The molecule has 24 heavy (non-hydrogen) atoms. The summed E-state index contributed by atoms with van der Waals surface area (Å²) in [5.41, 5.74) is -0.0147. The number of carboxylic acids is 1. The molecule has 0 spiro atoms. The van der Waals surface area contributed by atoms with Crippen LogP contribution < -0.4 is 9.79 Å². The van der Waals surface area contributed by atoms with Crippen molar-refractivity contribution >= 4 is 23.6 Å². The van der Waals surface area contributed by atoms with Crippen LogP contribution in [0.2, 0.25) is 0 Å². The summed E-state index contributed by atoms with van der Waals surface area (Å²) in [6, 6.07) is -0.289. The van der Waals surface area contributed by atoms with Gasteiger partial charge in [0.15, 0.2) is 0 Å². The monoisotopic (exact) mass is 350 g/mol. The molecule has 9 heteroatoms. The van der Waals surface area contributed by atoms with Gasteiger partial charge in [0.05, 0.1) is 41.5 Å². The van der Waals surface area contributed by atoms with E-state index in [0.717, 1.165) is 13.1 Å². The molecule has 3 aliphatic rings. The van der Waals surface area contributed by atoms with Gasteiger partial charge in [0, 0.05) is 10.8 Å². The van der Waals surface area contributed by atoms with Crippen LogP contribution in [0.4, 0.5) is 0 Å². The molecular formula is C15H18N4O4S.